The van der Waals surface area contributed by atoms with Gasteiger partial charge in [0.25, 0.3) is 0 Å². The average molecular weight is 249 g/mol. The first-order valence-corrected chi connectivity index (χ1v) is 6.80. The summed E-state index contributed by atoms with van der Waals surface area (Å²) in [6.45, 7) is 6.13. The van der Waals surface area contributed by atoms with E-state index in [1.807, 2.05) is 0 Å². The molecule has 0 bridgehead atoms. The van der Waals surface area contributed by atoms with E-state index < -0.39 is 0 Å². The van der Waals surface area contributed by atoms with Crippen LogP contribution in [0.15, 0.2) is 41.4 Å². The standard InChI is InChI=1S/C13H14Se/c1-10(2)9-13-12-6-4-3-5-11(12)7-8-14-13/h3-8,13H,1,9H2,2H3. The molecule has 0 spiro atoms. The van der Waals surface area contributed by atoms with E-state index in [0.29, 0.717) is 19.8 Å². The second kappa shape index (κ2) is 4.16. The van der Waals surface area contributed by atoms with Crippen LogP contribution in [0.25, 0.3) is 6.08 Å². The van der Waals surface area contributed by atoms with Gasteiger partial charge in [0.2, 0.25) is 0 Å². The summed E-state index contributed by atoms with van der Waals surface area (Å²) in [4.78, 5) is 3.05. The second-order valence-corrected chi connectivity index (χ2v) is 6.05. The maximum atomic E-state index is 4.01. The van der Waals surface area contributed by atoms with Gasteiger partial charge in [0.1, 0.15) is 0 Å². The molecule has 0 saturated heterocycles. The molecule has 2 rings (SSSR count). The van der Waals surface area contributed by atoms with Crippen LogP contribution in [0, 0.1) is 0 Å². The predicted molar refractivity (Wildman–Crippen MR) is 63.4 cm³/mol. The Labute approximate surface area is 91.9 Å². The fourth-order valence-corrected chi connectivity index (χ4v) is 4.14. The van der Waals surface area contributed by atoms with Crippen molar-refractivity contribution in [2.75, 3.05) is 0 Å². The number of benzene rings is 1. The summed E-state index contributed by atoms with van der Waals surface area (Å²) in [6, 6.07) is 8.71. The second-order valence-electron chi connectivity index (χ2n) is 3.72. The Balaban J connectivity index is 2.31. The third kappa shape index (κ3) is 2.00. The van der Waals surface area contributed by atoms with Crippen molar-refractivity contribution < 1.29 is 0 Å². The number of allylic oxidation sites excluding steroid dienone is 1. The summed E-state index contributed by atoms with van der Waals surface area (Å²) in [7, 11) is 0. The van der Waals surface area contributed by atoms with E-state index >= 15 is 0 Å². The average Bonchev–Trinajstić information content (AvgIpc) is 2.18. The Morgan fingerprint density at radius 3 is 3.00 bits per heavy atom. The number of rotatable bonds is 2. The molecule has 0 N–H and O–H groups in total. The Kier molecular flexibility index (Phi) is 2.90. The van der Waals surface area contributed by atoms with Gasteiger partial charge in [-0.1, -0.05) is 0 Å². The molecule has 0 aliphatic carbocycles. The molecule has 1 heteroatoms. The first-order valence-electron chi connectivity index (χ1n) is 4.82. The molecular weight excluding hydrogens is 235 g/mol. The van der Waals surface area contributed by atoms with Crippen molar-refractivity contribution in [2.24, 2.45) is 0 Å². The monoisotopic (exact) mass is 250 g/mol. The van der Waals surface area contributed by atoms with E-state index in [0.717, 1.165) is 6.42 Å². The van der Waals surface area contributed by atoms with Crippen LogP contribution >= 0.6 is 0 Å². The maximum absolute atomic E-state index is 4.01. The molecule has 0 aromatic heterocycles. The minimum atomic E-state index is 0.604. The molecule has 14 heavy (non-hydrogen) atoms. The normalized spacial score (nSPS) is 19.1. The molecule has 1 atom stereocenters. The summed E-state index contributed by atoms with van der Waals surface area (Å²) in [5.41, 5.74) is 4.20. The van der Waals surface area contributed by atoms with Gasteiger partial charge in [-0.05, 0) is 0 Å². The van der Waals surface area contributed by atoms with Crippen molar-refractivity contribution >= 4 is 21.0 Å². The van der Waals surface area contributed by atoms with Crippen molar-refractivity contribution in [2.45, 2.75) is 18.2 Å². The van der Waals surface area contributed by atoms with Gasteiger partial charge in [-0.15, -0.1) is 0 Å². The first-order chi connectivity index (χ1) is 6.77. The topological polar surface area (TPSA) is 0 Å². The van der Waals surface area contributed by atoms with Gasteiger partial charge >= 0.3 is 91.7 Å². The van der Waals surface area contributed by atoms with Crippen LogP contribution in [0.5, 0.6) is 0 Å². The van der Waals surface area contributed by atoms with Crippen LogP contribution in [0.3, 0.4) is 0 Å². The van der Waals surface area contributed by atoms with Gasteiger partial charge < -0.3 is 0 Å². The fraction of sp³-hybridized carbons (Fsp3) is 0.231. The van der Waals surface area contributed by atoms with Crippen LogP contribution in [0.2, 0.25) is 0 Å². The van der Waals surface area contributed by atoms with Gasteiger partial charge in [0.15, 0.2) is 0 Å². The fourth-order valence-electron chi connectivity index (χ4n) is 1.71. The van der Waals surface area contributed by atoms with Gasteiger partial charge in [-0.25, -0.2) is 0 Å². The molecule has 0 radical (unpaired) electrons. The minimum absolute atomic E-state index is 0.604. The molecule has 1 aromatic carbocycles. The zero-order valence-electron chi connectivity index (χ0n) is 8.36. The molecule has 1 aliphatic rings. The van der Waals surface area contributed by atoms with Crippen molar-refractivity contribution in [3.05, 3.63) is 52.5 Å². The third-order valence-electron chi connectivity index (χ3n) is 2.37. The van der Waals surface area contributed by atoms with Gasteiger partial charge in [-0.2, -0.15) is 0 Å². The van der Waals surface area contributed by atoms with Crippen molar-refractivity contribution in [3.63, 3.8) is 0 Å². The number of hydrogen-bond donors (Lipinski definition) is 0. The molecule has 1 unspecified atom stereocenters. The predicted octanol–water partition coefficient (Wildman–Crippen LogP) is 3.38. The van der Waals surface area contributed by atoms with Gasteiger partial charge in [0.05, 0.1) is 0 Å². The van der Waals surface area contributed by atoms with E-state index in [1.54, 1.807) is 0 Å². The summed E-state index contributed by atoms with van der Waals surface area (Å²) < 4.78 is 0. The Morgan fingerprint density at radius 1 is 1.43 bits per heavy atom. The quantitative estimate of drug-likeness (QED) is 0.556. The Bertz CT molecular complexity index is 377. The van der Waals surface area contributed by atoms with E-state index in [1.165, 1.54) is 16.7 Å². The molecule has 0 fully saturated rings. The Hall–Kier alpha value is -0.781. The molecule has 1 heterocycles. The van der Waals surface area contributed by atoms with Crippen LogP contribution in [0.1, 0.15) is 29.3 Å². The summed E-state index contributed by atoms with van der Waals surface area (Å²) >= 11 is 0.604. The van der Waals surface area contributed by atoms with Crippen molar-refractivity contribution in [1.29, 1.82) is 0 Å². The van der Waals surface area contributed by atoms with E-state index in [-0.39, 0.29) is 0 Å². The number of hydrogen-bond acceptors (Lipinski definition) is 0. The summed E-state index contributed by atoms with van der Waals surface area (Å²) in [5, 5.41) is 0. The third-order valence-corrected chi connectivity index (χ3v) is 4.55. The SMILES string of the molecule is C=C(C)CC1[Se]C=Cc2ccccc21. The number of fused-ring (bicyclic) bond motifs is 1. The summed E-state index contributed by atoms with van der Waals surface area (Å²) in [5.74, 6) is 0. The molecule has 1 aromatic rings. The van der Waals surface area contributed by atoms with E-state index in [4.69, 9.17) is 0 Å². The van der Waals surface area contributed by atoms with E-state index in [9.17, 15) is 0 Å². The van der Waals surface area contributed by atoms with Crippen LogP contribution in [-0.2, 0) is 0 Å². The Morgan fingerprint density at radius 2 is 2.21 bits per heavy atom. The molecule has 0 amide bonds. The van der Waals surface area contributed by atoms with Crippen molar-refractivity contribution in [3.8, 4) is 0 Å². The van der Waals surface area contributed by atoms with Gasteiger partial charge in [-0.3, -0.25) is 0 Å². The zero-order chi connectivity index (χ0) is 9.97. The molecule has 72 valence electrons. The van der Waals surface area contributed by atoms with E-state index in [2.05, 4.69) is 48.8 Å². The van der Waals surface area contributed by atoms with Crippen LogP contribution in [-0.4, -0.2) is 15.0 Å². The van der Waals surface area contributed by atoms with Crippen molar-refractivity contribution in [1.82, 2.24) is 0 Å². The first kappa shape index (κ1) is 9.76. The van der Waals surface area contributed by atoms with Crippen LogP contribution < -0.4 is 0 Å². The molecule has 0 saturated carbocycles. The molecule has 0 nitrogen and oxygen atoms in total. The zero-order valence-corrected chi connectivity index (χ0v) is 10.1. The van der Waals surface area contributed by atoms with Crippen LogP contribution in [0.4, 0.5) is 0 Å². The van der Waals surface area contributed by atoms with Gasteiger partial charge in [0, 0.05) is 0 Å². The molecule has 1 aliphatic heterocycles. The molecular formula is C13H14Se. The summed E-state index contributed by atoms with van der Waals surface area (Å²) in [6.07, 6.45) is 3.39.